The molecule has 0 fully saturated rings. The third kappa shape index (κ3) is 2.26. The number of hydrogen-bond acceptors (Lipinski definition) is 3. The number of hydrogen-bond donors (Lipinski definition) is 0. The van der Waals surface area contributed by atoms with Crippen LogP contribution < -0.4 is 0 Å². The van der Waals surface area contributed by atoms with Crippen LogP contribution in [0.15, 0.2) is 33.7 Å². The van der Waals surface area contributed by atoms with Crippen molar-refractivity contribution in [2.75, 3.05) is 6.61 Å². The Kier molecular flexibility index (Phi) is 2.86. The van der Waals surface area contributed by atoms with Gasteiger partial charge in [0.05, 0.1) is 12.3 Å². The normalized spacial score (nSPS) is 18.3. The third-order valence-corrected chi connectivity index (χ3v) is 2.64. The minimum Gasteiger partial charge on any atom is -0.464 e. The highest BCUT2D eigenvalue weighted by molar-refractivity contribution is 9.10. The fraction of sp³-hybridized carbons (Fsp3) is 0.273. The van der Waals surface area contributed by atoms with Gasteiger partial charge < -0.3 is 4.74 Å². The van der Waals surface area contributed by atoms with Crippen molar-refractivity contribution in [1.29, 1.82) is 0 Å². The maximum atomic E-state index is 11.3. The number of carbonyl (C=O) groups is 1. The average molecular weight is 268 g/mol. The van der Waals surface area contributed by atoms with Gasteiger partial charge >= 0.3 is 5.97 Å². The number of rotatable bonds is 3. The van der Waals surface area contributed by atoms with E-state index in [1.54, 1.807) is 6.92 Å². The summed E-state index contributed by atoms with van der Waals surface area (Å²) in [4.78, 5) is 15.4. The molecule has 1 aliphatic heterocycles. The Labute approximate surface area is 96.3 Å². The molecule has 15 heavy (non-hydrogen) atoms. The van der Waals surface area contributed by atoms with Crippen LogP contribution in [-0.4, -0.2) is 24.3 Å². The van der Waals surface area contributed by atoms with Gasteiger partial charge in [-0.2, -0.15) is 0 Å². The molecule has 0 saturated heterocycles. The lowest BCUT2D eigenvalue weighted by Gasteiger charge is -1.98. The maximum Gasteiger partial charge on any atom is 0.337 e. The number of benzene rings is 1. The van der Waals surface area contributed by atoms with Gasteiger partial charge in [0.2, 0.25) is 0 Å². The van der Waals surface area contributed by atoms with E-state index >= 15 is 0 Å². The van der Waals surface area contributed by atoms with Crippen molar-refractivity contribution in [2.24, 2.45) is 4.99 Å². The second-order valence-electron chi connectivity index (χ2n) is 3.18. The second kappa shape index (κ2) is 4.14. The second-order valence-corrected chi connectivity index (χ2v) is 4.09. The quantitative estimate of drug-likeness (QED) is 0.788. The highest BCUT2D eigenvalue weighted by Gasteiger charge is 2.37. The van der Waals surface area contributed by atoms with Gasteiger partial charge in [0, 0.05) is 4.47 Å². The number of carbonyl (C=O) groups excluding carboxylic acids is 1. The lowest BCUT2D eigenvalue weighted by atomic mass is 10.1. The zero-order valence-corrected chi connectivity index (χ0v) is 9.82. The van der Waals surface area contributed by atoms with Crippen LogP contribution >= 0.6 is 15.9 Å². The molecule has 0 bridgehead atoms. The molecule has 78 valence electrons. The average Bonchev–Trinajstić information content (AvgIpc) is 2.99. The molecule has 0 radical (unpaired) electrons. The molecule has 1 heterocycles. The van der Waals surface area contributed by atoms with Crippen LogP contribution in [0, 0.1) is 0 Å². The van der Waals surface area contributed by atoms with E-state index in [0.717, 1.165) is 15.7 Å². The number of halogens is 1. The van der Waals surface area contributed by atoms with E-state index in [9.17, 15) is 4.79 Å². The van der Waals surface area contributed by atoms with Gasteiger partial charge in [-0.05, 0) is 24.6 Å². The van der Waals surface area contributed by atoms with E-state index in [-0.39, 0.29) is 12.0 Å². The Morgan fingerprint density at radius 2 is 2.13 bits per heavy atom. The fourth-order valence-electron chi connectivity index (χ4n) is 1.34. The Morgan fingerprint density at radius 3 is 2.73 bits per heavy atom. The van der Waals surface area contributed by atoms with Crippen LogP contribution in [0.25, 0.3) is 0 Å². The predicted molar refractivity (Wildman–Crippen MR) is 61.1 cm³/mol. The molecule has 1 aromatic rings. The van der Waals surface area contributed by atoms with Crippen LogP contribution in [0.1, 0.15) is 12.5 Å². The zero-order valence-electron chi connectivity index (χ0n) is 8.24. The molecular formula is C11H10BrNO2. The Balaban J connectivity index is 2.01. The van der Waals surface area contributed by atoms with Crippen molar-refractivity contribution in [2.45, 2.75) is 13.0 Å². The van der Waals surface area contributed by atoms with E-state index in [1.807, 2.05) is 24.3 Å². The van der Waals surface area contributed by atoms with Crippen LogP contribution in [-0.2, 0) is 9.53 Å². The number of ether oxygens (including phenoxy) is 1. The summed E-state index contributed by atoms with van der Waals surface area (Å²) in [6, 6.07) is 7.35. The maximum absolute atomic E-state index is 11.3. The summed E-state index contributed by atoms with van der Waals surface area (Å²) in [5.41, 5.74) is 1.80. The molecule has 3 nitrogen and oxygen atoms in total. The summed E-state index contributed by atoms with van der Waals surface area (Å²) >= 11 is 3.35. The molecule has 0 aromatic heterocycles. The van der Waals surface area contributed by atoms with E-state index in [0.29, 0.717) is 6.61 Å². The molecule has 1 aliphatic rings. The summed E-state index contributed by atoms with van der Waals surface area (Å²) < 4.78 is 5.89. The van der Waals surface area contributed by atoms with Crippen molar-refractivity contribution in [3.05, 3.63) is 34.3 Å². The summed E-state index contributed by atoms with van der Waals surface area (Å²) in [6.45, 7) is 2.19. The van der Waals surface area contributed by atoms with Gasteiger partial charge in [-0.25, -0.2) is 4.79 Å². The topological polar surface area (TPSA) is 38.7 Å². The van der Waals surface area contributed by atoms with E-state index in [4.69, 9.17) is 4.74 Å². The Bertz CT molecular complexity index is 411. The zero-order chi connectivity index (χ0) is 10.8. The van der Waals surface area contributed by atoms with Gasteiger partial charge in [0.1, 0.15) is 0 Å². The van der Waals surface area contributed by atoms with Crippen molar-refractivity contribution < 1.29 is 9.53 Å². The first kappa shape index (κ1) is 10.4. The molecular weight excluding hydrogens is 258 g/mol. The number of esters is 1. The highest BCUT2D eigenvalue weighted by atomic mass is 79.9. The lowest BCUT2D eigenvalue weighted by Crippen LogP contribution is -2.16. The van der Waals surface area contributed by atoms with Crippen molar-refractivity contribution >= 4 is 27.6 Å². The van der Waals surface area contributed by atoms with Crippen LogP contribution in [0.3, 0.4) is 0 Å². The van der Waals surface area contributed by atoms with Crippen LogP contribution in [0.2, 0.25) is 0 Å². The number of nitrogens with zero attached hydrogens (tertiary/aromatic N) is 1. The predicted octanol–water partition coefficient (Wildman–Crippen LogP) is 2.18. The number of aliphatic imine (C=N–C) groups is 1. The molecule has 1 aromatic carbocycles. The Morgan fingerprint density at radius 1 is 1.47 bits per heavy atom. The van der Waals surface area contributed by atoms with Crippen molar-refractivity contribution in [1.82, 2.24) is 0 Å². The summed E-state index contributed by atoms with van der Waals surface area (Å²) in [5, 5.41) is 0. The minimum atomic E-state index is -0.369. The minimum absolute atomic E-state index is 0.254. The monoisotopic (exact) mass is 267 g/mol. The van der Waals surface area contributed by atoms with Crippen LogP contribution in [0.4, 0.5) is 0 Å². The molecule has 0 aliphatic carbocycles. The van der Waals surface area contributed by atoms with Gasteiger partial charge in [0.15, 0.2) is 6.04 Å². The lowest BCUT2D eigenvalue weighted by molar-refractivity contribution is -0.142. The molecule has 2 rings (SSSR count). The van der Waals surface area contributed by atoms with Gasteiger partial charge in [-0.15, -0.1) is 0 Å². The standard InChI is InChI=1S/C11H10BrNO2/c1-2-15-11(14)10-9(13-10)7-3-5-8(12)6-4-7/h3-6,10H,2H2,1H3. The highest BCUT2D eigenvalue weighted by Crippen LogP contribution is 2.22. The summed E-state index contributed by atoms with van der Waals surface area (Å²) in [7, 11) is 0. The fourth-order valence-corrected chi connectivity index (χ4v) is 1.60. The first-order chi connectivity index (χ1) is 7.22. The molecule has 0 amide bonds. The summed E-state index contributed by atoms with van der Waals surface area (Å²) in [5.74, 6) is -0.254. The van der Waals surface area contributed by atoms with E-state index < -0.39 is 0 Å². The molecule has 0 saturated carbocycles. The first-order valence-corrected chi connectivity index (χ1v) is 5.52. The molecule has 1 unspecified atom stereocenters. The van der Waals surface area contributed by atoms with E-state index in [1.165, 1.54) is 0 Å². The molecule has 4 heteroatoms. The van der Waals surface area contributed by atoms with Gasteiger partial charge in [-0.1, -0.05) is 28.1 Å². The van der Waals surface area contributed by atoms with Gasteiger partial charge in [0.25, 0.3) is 0 Å². The first-order valence-electron chi connectivity index (χ1n) is 4.72. The smallest absolute Gasteiger partial charge is 0.337 e. The van der Waals surface area contributed by atoms with Crippen molar-refractivity contribution in [3.8, 4) is 0 Å². The molecule has 1 atom stereocenters. The van der Waals surface area contributed by atoms with Crippen LogP contribution in [0.5, 0.6) is 0 Å². The van der Waals surface area contributed by atoms with E-state index in [2.05, 4.69) is 20.9 Å². The Hall–Kier alpha value is -1.16. The molecule has 0 N–H and O–H groups in total. The van der Waals surface area contributed by atoms with Crippen molar-refractivity contribution in [3.63, 3.8) is 0 Å². The van der Waals surface area contributed by atoms with Gasteiger partial charge in [-0.3, -0.25) is 4.99 Å². The largest absolute Gasteiger partial charge is 0.464 e. The SMILES string of the molecule is CCOC(=O)C1N=C1c1ccc(Br)cc1. The third-order valence-electron chi connectivity index (χ3n) is 2.11. The molecule has 0 spiro atoms. The summed E-state index contributed by atoms with van der Waals surface area (Å²) in [6.07, 6.45) is 0.